The molecule has 6 rings (SSSR count). The summed E-state index contributed by atoms with van der Waals surface area (Å²) in [6.07, 6.45) is 5.45. The number of amides is 1. The summed E-state index contributed by atoms with van der Waals surface area (Å²) in [7, 11) is 2.13. The van der Waals surface area contributed by atoms with Crippen LogP contribution < -0.4 is 20.3 Å². The van der Waals surface area contributed by atoms with Gasteiger partial charge in [-0.25, -0.2) is 4.39 Å². The van der Waals surface area contributed by atoms with Crippen molar-refractivity contribution in [3.8, 4) is 6.01 Å². The van der Waals surface area contributed by atoms with Crippen LogP contribution in [0.3, 0.4) is 0 Å². The molecular formula is C31H43FN8O2. The minimum atomic E-state index is -1.50. The fourth-order valence-electron chi connectivity index (χ4n) is 7.05. The van der Waals surface area contributed by atoms with Gasteiger partial charge >= 0.3 is 6.01 Å². The van der Waals surface area contributed by atoms with E-state index in [2.05, 4.69) is 28.7 Å². The molecule has 3 aliphatic heterocycles. The quantitative estimate of drug-likeness (QED) is 0.381. The van der Waals surface area contributed by atoms with Gasteiger partial charge < -0.3 is 35.5 Å². The van der Waals surface area contributed by atoms with Crippen molar-refractivity contribution in [2.75, 3.05) is 68.5 Å². The number of ether oxygens (including phenoxy) is 1. The number of nitrogens with zero attached hydrogens (tertiary/aromatic N) is 6. The lowest BCUT2D eigenvalue weighted by Crippen LogP contribution is -2.58. The molecular weight excluding hydrogens is 535 g/mol. The fourth-order valence-corrected chi connectivity index (χ4v) is 7.05. The summed E-state index contributed by atoms with van der Waals surface area (Å²) in [6, 6.07) is 4.64. The number of aromatic nitrogens is 2. The lowest BCUT2D eigenvalue weighted by molar-refractivity contribution is -0.136. The molecule has 2 aromatic rings. The zero-order chi connectivity index (χ0) is 29.6. The molecule has 42 heavy (non-hydrogen) atoms. The van der Waals surface area contributed by atoms with Gasteiger partial charge in [0.2, 0.25) is 0 Å². The zero-order valence-electron chi connectivity index (χ0n) is 25.0. The molecule has 1 saturated carbocycles. The van der Waals surface area contributed by atoms with E-state index < -0.39 is 12.1 Å². The molecule has 10 nitrogen and oxygen atoms in total. The molecule has 3 fully saturated rings. The number of likely N-dealkylation sites (tertiary alicyclic amines) is 1. The molecule has 0 radical (unpaired) electrons. The van der Waals surface area contributed by atoms with Crippen LogP contribution in [0.1, 0.15) is 55.0 Å². The molecule has 1 spiro atoms. The third kappa shape index (κ3) is 5.27. The average Bonchev–Trinajstić information content (AvgIpc) is 3.67. The molecule has 4 heterocycles. The van der Waals surface area contributed by atoms with E-state index in [4.69, 9.17) is 25.8 Å². The van der Waals surface area contributed by atoms with Crippen LogP contribution in [0.4, 0.5) is 21.6 Å². The number of nitrogens with one attached hydrogen (secondary N) is 1. The first kappa shape index (κ1) is 28.6. The van der Waals surface area contributed by atoms with Crippen LogP contribution in [0.2, 0.25) is 0 Å². The first-order valence-electron chi connectivity index (χ1n) is 15.3. The predicted octanol–water partition coefficient (Wildman–Crippen LogP) is 2.98. The summed E-state index contributed by atoms with van der Waals surface area (Å²) in [5.74, 6) is 0.466. The normalized spacial score (nSPS) is 22.6. The molecule has 1 aromatic heterocycles. The van der Waals surface area contributed by atoms with E-state index in [0.29, 0.717) is 50.4 Å². The second-order valence-corrected chi connectivity index (χ2v) is 12.5. The molecule has 2 atom stereocenters. The molecule has 11 heteroatoms. The van der Waals surface area contributed by atoms with E-state index >= 15 is 0 Å². The predicted molar refractivity (Wildman–Crippen MR) is 163 cm³/mol. The van der Waals surface area contributed by atoms with Crippen molar-refractivity contribution in [3.05, 3.63) is 34.5 Å². The standard InChI is InChI=1S/C31H43FN8O2/c1-20-6-7-25(34)24(17-33)27(20)38-13-8-23-26(9-14-38)35-30(42-18-22-5-4-12-37(22)3)36-28(23)40-16-15-39(29(41)21(2)32)19-31(40)10-11-31/h6-7,17,21-22,33H,4-5,8-16,18-19,34H2,1-3H3. The van der Waals surface area contributed by atoms with Gasteiger partial charge in [0, 0.05) is 68.2 Å². The number of alkyl halides is 1. The van der Waals surface area contributed by atoms with Crippen molar-refractivity contribution >= 4 is 29.3 Å². The van der Waals surface area contributed by atoms with Crippen LogP contribution in [0.25, 0.3) is 0 Å². The highest BCUT2D eigenvalue weighted by Crippen LogP contribution is 2.48. The summed E-state index contributed by atoms with van der Waals surface area (Å²) < 4.78 is 20.2. The Hall–Kier alpha value is -3.47. The van der Waals surface area contributed by atoms with Crippen LogP contribution in [0.5, 0.6) is 6.01 Å². The Kier molecular flexibility index (Phi) is 7.72. The van der Waals surface area contributed by atoms with Gasteiger partial charge in [-0.1, -0.05) is 6.07 Å². The van der Waals surface area contributed by atoms with E-state index in [-0.39, 0.29) is 5.54 Å². The number of rotatable bonds is 7. The Morgan fingerprint density at radius 3 is 2.69 bits per heavy atom. The largest absolute Gasteiger partial charge is 0.462 e. The number of carbonyl (C=O) groups is 1. The maximum absolute atomic E-state index is 13.9. The molecule has 2 saturated heterocycles. The van der Waals surface area contributed by atoms with Gasteiger partial charge in [0.25, 0.3) is 5.91 Å². The molecule has 1 aliphatic carbocycles. The fraction of sp³-hybridized carbons (Fsp3) is 0.613. The van der Waals surface area contributed by atoms with Gasteiger partial charge in [0.15, 0.2) is 6.17 Å². The smallest absolute Gasteiger partial charge is 0.318 e. The highest BCUT2D eigenvalue weighted by molar-refractivity contribution is 5.94. The molecule has 1 aromatic carbocycles. The Morgan fingerprint density at radius 1 is 1.21 bits per heavy atom. The van der Waals surface area contributed by atoms with E-state index in [1.165, 1.54) is 19.6 Å². The number of nitrogens with two attached hydrogens (primary N) is 1. The lowest BCUT2D eigenvalue weighted by atomic mass is 10.0. The summed E-state index contributed by atoms with van der Waals surface area (Å²) in [4.78, 5) is 31.3. The highest BCUT2D eigenvalue weighted by Gasteiger charge is 2.53. The van der Waals surface area contributed by atoms with Crippen molar-refractivity contribution in [1.82, 2.24) is 19.8 Å². The molecule has 1 amide bonds. The Bertz CT molecular complexity index is 1360. The van der Waals surface area contributed by atoms with Gasteiger partial charge in [-0.15, -0.1) is 0 Å². The average molecular weight is 579 g/mol. The maximum atomic E-state index is 13.9. The van der Waals surface area contributed by atoms with Crippen molar-refractivity contribution in [2.45, 2.75) is 70.1 Å². The SMILES string of the molecule is Cc1ccc(N)c(C=N)c1N1CCc2nc(OCC3CCCN3C)nc(N3CCN(C(=O)C(C)F)CC34CC4)c2CC1. The van der Waals surface area contributed by atoms with Crippen LogP contribution in [0.15, 0.2) is 12.1 Å². The molecule has 3 N–H and O–H groups in total. The second kappa shape index (κ2) is 11.3. The maximum Gasteiger partial charge on any atom is 0.318 e. The van der Waals surface area contributed by atoms with Crippen molar-refractivity contribution < 1.29 is 13.9 Å². The number of halogens is 1. The minimum Gasteiger partial charge on any atom is -0.462 e. The van der Waals surface area contributed by atoms with Crippen molar-refractivity contribution in [3.63, 3.8) is 0 Å². The van der Waals surface area contributed by atoms with Gasteiger partial charge in [-0.2, -0.15) is 9.97 Å². The number of hydrogen-bond acceptors (Lipinski definition) is 9. The minimum absolute atomic E-state index is 0.225. The molecule has 2 unspecified atom stereocenters. The number of carbonyl (C=O) groups excluding carboxylic acids is 1. The number of aryl methyl sites for hydroxylation is 1. The number of anilines is 3. The Labute approximate surface area is 247 Å². The molecule has 4 aliphatic rings. The first-order valence-corrected chi connectivity index (χ1v) is 15.3. The van der Waals surface area contributed by atoms with Crippen LogP contribution >= 0.6 is 0 Å². The van der Waals surface area contributed by atoms with E-state index in [0.717, 1.165) is 79.2 Å². The lowest BCUT2D eigenvalue weighted by Gasteiger charge is -2.43. The van der Waals surface area contributed by atoms with E-state index in [1.807, 2.05) is 12.1 Å². The summed E-state index contributed by atoms with van der Waals surface area (Å²) in [6.45, 7) is 8.07. The summed E-state index contributed by atoms with van der Waals surface area (Å²) >= 11 is 0. The zero-order valence-corrected chi connectivity index (χ0v) is 25.0. The molecule has 226 valence electrons. The summed E-state index contributed by atoms with van der Waals surface area (Å²) in [5, 5.41) is 8.04. The molecule has 0 bridgehead atoms. The van der Waals surface area contributed by atoms with Gasteiger partial charge in [0.05, 0.1) is 16.9 Å². The van der Waals surface area contributed by atoms with E-state index in [1.54, 1.807) is 4.90 Å². The number of hydrogen-bond donors (Lipinski definition) is 2. The topological polar surface area (TPSA) is 115 Å². The van der Waals surface area contributed by atoms with Gasteiger partial charge in [-0.05, 0) is 71.2 Å². The van der Waals surface area contributed by atoms with Crippen molar-refractivity contribution in [2.24, 2.45) is 0 Å². The number of likely N-dealkylation sites (N-methyl/N-ethyl adjacent to an activating group) is 1. The van der Waals surface area contributed by atoms with Crippen LogP contribution in [-0.4, -0.2) is 103 Å². The number of piperazine rings is 1. The third-order valence-corrected chi connectivity index (χ3v) is 9.68. The van der Waals surface area contributed by atoms with E-state index in [9.17, 15) is 9.18 Å². The monoisotopic (exact) mass is 578 g/mol. The number of benzene rings is 1. The Morgan fingerprint density at radius 2 is 2.00 bits per heavy atom. The second-order valence-electron chi connectivity index (χ2n) is 12.5. The van der Waals surface area contributed by atoms with Crippen molar-refractivity contribution in [1.29, 1.82) is 5.41 Å². The first-order chi connectivity index (χ1) is 20.2. The van der Waals surface area contributed by atoms with Crippen LogP contribution in [0, 0.1) is 12.3 Å². The number of nitrogen functional groups attached to an aromatic ring is 1. The van der Waals surface area contributed by atoms with Crippen LogP contribution in [-0.2, 0) is 17.6 Å². The highest BCUT2D eigenvalue weighted by atomic mass is 19.1. The third-order valence-electron chi connectivity index (χ3n) is 9.68. The number of fused-ring (bicyclic) bond motifs is 1. The Balaban J connectivity index is 1.33. The summed E-state index contributed by atoms with van der Waals surface area (Å²) in [5.41, 5.74) is 11.6. The van der Waals surface area contributed by atoms with Gasteiger partial charge in [-0.3, -0.25) is 4.79 Å². The van der Waals surface area contributed by atoms with Gasteiger partial charge in [0.1, 0.15) is 12.4 Å².